The summed E-state index contributed by atoms with van der Waals surface area (Å²) >= 11 is 0. The SMILES string of the molecule is C=C1C(N)C1C(=C)S(=O)(=O)O. The normalized spacial score (nSPS) is 30.2. The van der Waals surface area contributed by atoms with Crippen molar-refractivity contribution in [1.29, 1.82) is 0 Å². The van der Waals surface area contributed by atoms with Gasteiger partial charge in [0.15, 0.2) is 0 Å². The van der Waals surface area contributed by atoms with E-state index in [1.165, 1.54) is 0 Å². The fraction of sp³-hybridized carbons (Fsp3) is 0.333. The van der Waals surface area contributed by atoms with Gasteiger partial charge in [-0.3, -0.25) is 4.55 Å². The Bertz CT molecular complexity index is 317. The maximum Gasteiger partial charge on any atom is 0.290 e. The number of nitrogens with two attached hydrogens (primary N) is 1. The van der Waals surface area contributed by atoms with Crippen LogP contribution in [-0.2, 0) is 10.1 Å². The molecule has 1 fully saturated rings. The molecular formula is C6H9NO3S. The molecule has 0 saturated heterocycles. The molecule has 3 N–H and O–H groups in total. The number of rotatable bonds is 2. The first-order valence-electron chi connectivity index (χ1n) is 2.96. The van der Waals surface area contributed by atoms with E-state index in [2.05, 4.69) is 13.2 Å². The zero-order chi connectivity index (χ0) is 8.81. The molecule has 0 bridgehead atoms. The van der Waals surface area contributed by atoms with Gasteiger partial charge in [-0.1, -0.05) is 13.2 Å². The highest BCUT2D eigenvalue weighted by molar-refractivity contribution is 7.89. The molecule has 0 aromatic heterocycles. The molecule has 0 aromatic rings. The third-order valence-corrected chi connectivity index (χ3v) is 2.67. The van der Waals surface area contributed by atoms with E-state index < -0.39 is 16.0 Å². The van der Waals surface area contributed by atoms with E-state index in [9.17, 15) is 8.42 Å². The van der Waals surface area contributed by atoms with Gasteiger partial charge in [-0.2, -0.15) is 8.42 Å². The first kappa shape index (κ1) is 8.45. The minimum atomic E-state index is -4.14. The molecule has 0 spiro atoms. The second-order valence-electron chi connectivity index (χ2n) is 2.52. The predicted octanol–water partition coefficient (Wildman–Crippen LogP) is -0.0988. The van der Waals surface area contributed by atoms with E-state index in [4.69, 9.17) is 10.3 Å². The van der Waals surface area contributed by atoms with Gasteiger partial charge in [0, 0.05) is 12.0 Å². The minimum Gasteiger partial charge on any atom is -0.323 e. The average Bonchev–Trinajstić information content (AvgIpc) is 2.38. The number of hydrogen-bond donors (Lipinski definition) is 2. The van der Waals surface area contributed by atoms with Gasteiger partial charge in [0.05, 0.1) is 4.91 Å². The Kier molecular flexibility index (Phi) is 1.66. The summed E-state index contributed by atoms with van der Waals surface area (Å²) in [7, 11) is -4.14. The van der Waals surface area contributed by atoms with Crippen molar-refractivity contribution in [3.8, 4) is 0 Å². The quantitative estimate of drug-likeness (QED) is 0.453. The molecule has 0 aliphatic heterocycles. The summed E-state index contributed by atoms with van der Waals surface area (Å²) in [6.45, 7) is 6.71. The average molecular weight is 175 g/mol. The molecular weight excluding hydrogens is 166 g/mol. The van der Waals surface area contributed by atoms with Crippen molar-refractivity contribution in [2.45, 2.75) is 6.04 Å². The number of hydrogen-bond acceptors (Lipinski definition) is 3. The minimum absolute atomic E-state index is 0.255. The molecule has 2 unspecified atom stereocenters. The lowest BCUT2D eigenvalue weighted by Crippen LogP contribution is -2.09. The fourth-order valence-electron chi connectivity index (χ4n) is 0.905. The predicted molar refractivity (Wildman–Crippen MR) is 41.3 cm³/mol. The van der Waals surface area contributed by atoms with Gasteiger partial charge in [-0.05, 0) is 5.57 Å². The van der Waals surface area contributed by atoms with E-state index in [1.807, 2.05) is 0 Å². The van der Waals surface area contributed by atoms with Crippen LogP contribution in [0.3, 0.4) is 0 Å². The molecule has 11 heavy (non-hydrogen) atoms. The molecule has 1 saturated carbocycles. The van der Waals surface area contributed by atoms with Crippen LogP contribution in [0.2, 0.25) is 0 Å². The lowest BCUT2D eigenvalue weighted by molar-refractivity contribution is 0.488. The van der Waals surface area contributed by atoms with Crippen molar-refractivity contribution in [2.24, 2.45) is 11.7 Å². The maximum absolute atomic E-state index is 10.5. The Morgan fingerprint density at radius 1 is 1.64 bits per heavy atom. The Hall–Kier alpha value is -0.650. The summed E-state index contributed by atoms with van der Waals surface area (Å²) in [5.41, 5.74) is 5.98. The van der Waals surface area contributed by atoms with Crippen LogP contribution in [0.25, 0.3) is 0 Å². The summed E-state index contributed by atoms with van der Waals surface area (Å²) in [5, 5.41) is 0. The van der Waals surface area contributed by atoms with Crippen molar-refractivity contribution in [3.63, 3.8) is 0 Å². The van der Waals surface area contributed by atoms with E-state index in [0.717, 1.165) is 0 Å². The molecule has 1 aliphatic carbocycles. The molecule has 1 rings (SSSR count). The van der Waals surface area contributed by atoms with Crippen LogP contribution < -0.4 is 5.73 Å². The topological polar surface area (TPSA) is 80.4 Å². The Morgan fingerprint density at radius 3 is 2.09 bits per heavy atom. The van der Waals surface area contributed by atoms with Gasteiger partial charge in [-0.25, -0.2) is 0 Å². The van der Waals surface area contributed by atoms with Crippen LogP contribution in [0.1, 0.15) is 0 Å². The molecule has 62 valence electrons. The molecule has 5 heteroatoms. The smallest absolute Gasteiger partial charge is 0.290 e. The zero-order valence-electron chi connectivity index (χ0n) is 5.82. The van der Waals surface area contributed by atoms with Crippen LogP contribution in [0.5, 0.6) is 0 Å². The third-order valence-electron chi connectivity index (χ3n) is 1.76. The monoisotopic (exact) mass is 175 g/mol. The van der Waals surface area contributed by atoms with Gasteiger partial charge < -0.3 is 5.73 Å². The van der Waals surface area contributed by atoms with Crippen molar-refractivity contribution in [1.82, 2.24) is 0 Å². The van der Waals surface area contributed by atoms with Gasteiger partial charge in [-0.15, -0.1) is 0 Å². The Balaban J connectivity index is 2.83. The van der Waals surface area contributed by atoms with E-state index in [1.54, 1.807) is 0 Å². The van der Waals surface area contributed by atoms with Gasteiger partial charge in [0.2, 0.25) is 0 Å². The van der Waals surface area contributed by atoms with E-state index in [0.29, 0.717) is 5.57 Å². The molecule has 1 aliphatic rings. The first-order chi connectivity index (χ1) is 4.85. The summed E-state index contributed by atoms with van der Waals surface area (Å²) in [4.78, 5) is -0.255. The van der Waals surface area contributed by atoms with Gasteiger partial charge in [0.25, 0.3) is 10.1 Å². The standard InChI is InChI=1S/C6H9NO3S/c1-3-5(6(3)7)4(2)11(8,9)10/h5-6H,1-2,7H2,(H,8,9,10). The van der Waals surface area contributed by atoms with Crippen LogP contribution in [0, 0.1) is 5.92 Å². The van der Waals surface area contributed by atoms with E-state index in [-0.39, 0.29) is 10.9 Å². The summed E-state index contributed by atoms with van der Waals surface area (Å²) in [6, 6.07) is -0.357. The summed E-state index contributed by atoms with van der Waals surface area (Å²) in [5.74, 6) is -0.454. The molecule has 0 aromatic carbocycles. The summed E-state index contributed by atoms with van der Waals surface area (Å²) in [6.07, 6.45) is 0. The second-order valence-corrected chi connectivity index (χ2v) is 3.99. The van der Waals surface area contributed by atoms with Crippen molar-refractivity contribution in [2.75, 3.05) is 0 Å². The molecule has 2 atom stereocenters. The highest BCUT2D eigenvalue weighted by Gasteiger charge is 2.45. The maximum atomic E-state index is 10.5. The molecule has 0 heterocycles. The largest absolute Gasteiger partial charge is 0.323 e. The first-order valence-corrected chi connectivity index (χ1v) is 4.40. The fourth-order valence-corrected chi connectivity index (χ4v) is 1.52. The highest BCUT2D eigenvalue weighted by Crippen LogP contribution is 2.41. The second kappa shape index (κ2) is 2.17. The van der Waals surface area contributed by atoms with Crippen molar-refractivity contribution >= 4 is 10.1 Å². The summed E-state index contributed by atoms with van der Waals surface area (Å²) < 4.78 is 29.4. The van der Waals surface area contributed by atoms with Crippen LogP contribution in [0.15, 0.2) is 23.6 Å². The highest BCUT2D eigenvalue weighted by atomic mass is 32.2. The molecule has 0 amide bonds. The van der Waals surface area contributed by atoms with Gasteiger partial charge >= 0.3 is 0 Å². The third kappa shape index (κ3) is 1.35. The van der Waals surface area contributed by atoms with Crippen molar-refractivity contribution < 1.29 is 13.0 Å². The zero-order valence-corrected chi connectivity index (χ0v) is 6.63. The van der Waals surface area contributed by atoms with Gasteiger partial charge in [0.1, 0.15) is 0 Å². The Morgan fingerprint density at radius 2 is 2.00 bits per heavy atom. The van der Waals surface area contributed by atoms with Crippen molar-refractivity contribution in [3.05, 3.63) is 23.6 Å². The van der Waals surface area contributed by atoms with Crippen LogP contribution >= 0.6 is 0 Å². The lowest BCUT2D eigenvalue weighted by atomic mass is 10.4. The molecule has 0 radical (unpaired) electrons. The Labute approximate surface area is 65.1 Å². The molecule has 4 nitrogen and oxygen atoms in total. The van der Waals surface area contributed by atoms with Crippen LogP contribution in [-0.4, -0.2) is 19.0 Å². The van der Waals surface area contributed by atoms with E-state index >= 15 is 0 Å². The van der Waals surface area contributed by atoms with Crippen LogP contribution in [0.4, 0.5) is 0 Å². The lowest BCUT2D eigenvalue weighted by Gasteiger charge is -1.96.